The van der Waals surface area contributed by atoms with E-state index in [-0.39, 0.29) is 5.91 Å². The first-order valence-corrected chi connectivity index (χ1v) is 8.21. The Kier molecular flexibility index (Phi) is 4.34. The highest BCUT2D eigenvalue weighted by atomic mass is 32.2. The van der Waals surface area contributed by atoms with Gasteiger partial charge in [0.05, 0.1) is 5.75 Å². The van der Waals surface area contributed by atoms with Crippen molar-refractivity contribution in [2.24, 2.45) is 7.05 Å². The van der Waals surface area contributed by atoms with Crippen LogP contribution in [0.4, 0.5) is 0 Å². The minimum absolute atomic E-state index is 0.0166. The highest BCUT2D eigenvalue weighted by Crippen LogP contribution is 2.23. The first kappa shape index (κ1) is 14.3. The van der Waals surface area contributed by atoms with Crippen molar-refractivity contribution in [3.8, 4) is 0 Å². The molecule has 0 bridgehead atoms. The minimum atomic E-state index is 0.0166. The molecule has 5 nitrogen and oxygen atoms in total. The Labute approximate surface area is 128 Å². The SMILES string of the molecule is Cn1ccnc1SCc1ccc(C(=O)N2CCCCC2)o1. The van der Waals surface area contributed by atoms with Gasteiger partial charge in [-0.1, -0.05) is 11.8 Å². The third kappa shape index (κ3) is 3.32. The smallest absolute Gasteiger partial charge is 0.289 e. The number of amides is 1. The van der Waals surface area contributed by atoms with Gasteiger partial charge < -0.3 is 13.9 Å². The van der Waals surface area contributed by atoms with E-state index < -0.39 is 0 Å². The zero-order valence-corrected chi connectivity index (χ0v) is 12.9. The molecule has 112 valence electrons. The quantitative estimate of drug-likeness (QED) is 0.815. The van der Waals surface area contributed by atoms with Crippen molar-refractivity contribution in [2.75, 3.05) is 13.1 Å². The van der Waals surface area contributed by atoms with Gasteiger partial charge in [0.25, 0.3) is 5.91 Å². The molecule has 0 N–H and O–H groups in total. The van der Waals surface area contributed by atoms with Gasteiger partial charge in [-0.2, -0.15) is 0 Å². The zero-order chi connectivity index (χ0) is 14.7. The highest BCUT2D eigenvalue weighted by Gasteiger charge is 2.21. The lowest BCUT2D eigenvalue weighted by Crippen LogP contribution is -2.35. The van der Waals surface area contributed by atoms with Crippen LogP contribution in [0.3, 0.4) is 0 Å². The second kappa shape index (κ2) is 6.39. The molecule has 2 aromatic heterocycles. The first-order valence-electron chi connectivity index (χ1n) is 7.22. The number of hydrogen-bond acceptors (Lipinski definition) is 4. The van der Waals surface area contributed by atoms with Crippen LogP contribution in [0.15, 0.2) is 34.1 Å². The van der Waals surface area contributed by atoms with E-state index in [9.17, 15) is 4.79 Å². The third-order valence-corrected chi connectivity index (χ3v) is 4.72. The molecule has 3 rings (SSSR count). The standard InChI is InChI=1S/C15H19N3O2S/c1-17-10-7-16-15(17)21-11-12-5-6-13(20-12)14(19)18-8-3-2-4-9-18/h5-7,10H,2-4,8-9,11H2,1H3. The summed E-state index contributed by atoms with van der Waals surface area (Å²) in [5.74, 6) is 1.96. The summed E-state index contributed by atoms with van der Waals surface area (Å²) in [5, 5.41) is 0.940. The van der Waals surface area contributed by atoms with Crippen LogP contribution >= 0.6 is 11.8 Å². The predicted molar refractivity (Wildman–Crippen MR) is 81.2 cm³/mol. The monoisotopic (exact) mass is 305 g/mol. The summed E-state index contributed by atoms with van der Waals surface area (Å²) in [5.41, 5.74) is 0. The highest BCUT2D eigenvalue weighted by molar-refractivity contribution is 7.98. The van der Waals surface area contributed by atoms with Crippen molar-refractivity contribution in [2.45, 2.75) is 30.2 Å². The number of hydrogen-bond donors (Lipinski definition) is 0. The van der Waals surface area contributed by atoms with Crippen LogP contribution in [-0.2, 0) is 12.8 Å². The Morgan fingerprint density at radius 1 is 1.33 bits per heavy atom. The predicted octanol–water partition coefficient (Wildman–Crippen LogP) is 2.93. The second-order valence-corrected chi connectivity index (χ2v) is 6.17. The second-order valence-electron chi connectivity index (χ2n) is 5.23. The number of rotatable bonds is 4. The molecule has 0 atom stereocenters. The average Bonchev–Trinajstić information content (AvgIpc) is 3.14. The zero-order valence-electron chi connectivity index (χ0n) is 12.1. The van der Waals surface area contributed by atoms with Crippen molar-refractivity contribution < 1.29 is 9.21 Å². The van der Waals surface area contributed by atoms with Gasteiger partial charge in [0.1, 0.15) is 5.76 Å². The molecule has 1 fully saturated rings. The van der Waals surface area contributed by atoms with E-state index in [1.165, 1.54) is 6.42 Å². The Morgan fingerprint density at radius 3 is 2.86 bits per heavy atom. The van der Waals surface area contributed by atoms with Gasteiger partial charge >= 0.3 is 0 Å². The number of carbonyl (C=O) groups excluding carboxylic acids is 1. The van der Waals surface area contributed by atoms with Crippen LogP contribution in [0.1, 0.15) is 35.6 Å². The van der Waals surface area contributed by atoms with E-state index in [2.05, 4.69) is 4.98 Å². The molecule has 0 saturated carbocycles. The Balaban J connectivity index is 1.60. The number of piperidine rings is 1. The van der Waals surface area contributed by atoms with Crippen LogP contribution in [-0.4, -0.2) is 33.4 Å². The first-order chi connectivity index (χ1) is 10.2. The van der Waals surface area contributed by atoms with Crippen LogP contribution in [0, 0.1) is 0 Å². The molecule has 0 unspecified atom stereocenters. The van der Waals surface area contributed by atoms with Crippen LogP contribution < -0.4 is 0 Å². The lowest BCUT2D eigenvalue weighted by Gasteiger charge is -2.25. The summed E-state index contributed by atoms with van der Waals surface area (Å²) in [6.07, 6.45) is 7.09. The molecule has 21 heavy (non-hydrogen) atoms. The van der Waals surface area contributed by atoms with Gasteiger partial charge in [0, 0.05) is 32.5 Å². The number of likely N-dealkylation sites (tertiary alicyclic amines) is 1. The molecule has 6 heteroatoms. The number of carbonyl (C=O) groups is 1. The third-order valence-electron chi connectivity index (χ3n) is 3.64. The lowest BCUT2D eigenvalue weighted by atomic mass is 10.1. The summed E-state index contributed by atoms with van der Waals surface area (Å²) in [6.45, 7) is 1.69. The van der Waals surface area contributed by atoms with Crippen molar-refractivity contribution in [1.82, 2.24) is 14.5 Å². The molecule has 1 aliphatic heterocycles. The fraction of sp³-hybridized carbons (Fsp3) is 0.467. The van der Waals surface area contributed by atoms with Gasteiger partial charge in [-0.05, 0) is 31.4 Å². The molecule has 0 aromatic carbocycles. The molecular formula is C15H19N3O2S. The Bertz CT molecular complexity index is 614. The van der Waals surface area contributed by atoms with Crippen molar-refractivity contribution in [3.63, 3.8) is 0 Å². The number of aryl methyl sites for hydroxylation is 1. The molecule has 0 radical (unpaired) electrons. The van der Waals surface area contributed by atoms with E-state index in [0.29, 0.717) is 11.5 Å². The molecule has 0 aliphatic carbocycles. The summed E-state index contributed by atoms with van der Waals surface area (Å²) in [6, 6.07) is 3.67. The normalized spacial score (nSPS) is 15.4. The Hall–Kier alpha value is -1.69. The summed E-state index contributed by atoms with van der Waals surface area (Å²) in [7, 11) is 1.96. The van der Waals surface area contributed by atoms with Crippen molar-refractivity contribution in [1.29, 1.82) is 0 Å². The molecule has 1 saturated heterocycles. The molecular weight excluding hydrogens is 286 g/mol. The van der Waals surface area contributed by atoms with E-state index >= 15 is 0 Å². The molecule has 0 spiro atoms. The lowest BCUT2D eigenvalue weighted by molar-refractivity contribution is 0.0690. The van der Waals surface area contributed by atoms with E-state index in [4.69, 9.17) is 4.42 Å². The van der Waals surface area contributed by atoms with Gasteiger partial charge in [-0.25, -0.2) is 4.98 Å². The van der Waals surface area contributed by atoms with Crippen LogP contribution in [0.25, 0.3) is 0 Å². The minimum Gasteiger partial charge on any atom is -0.455 e. The van der Waals surface area contributed by atoms with E-state index in [1.54, 1.807) is 24.0 Å². The fourth-order valence-electron chi connectivity index (χ4n) is 2.45. The number of aromatic nitrogens is 2. The van der Waals surface area contributed by atoms with Crippen molar-refractivity contribution in [3.05, 3.63) is 36.0 Å². The van der Waals surface area contributed by atoms with Gasteiger partial charge in [0.2, 0.25) is 0 Å². The summed E-state index contributed by atoms with van der Waals surface area (Å²) < 4.78 is 7.65. The fourth-order valence-corrected chi connectivity index (χ4v) is 3.28. The van der Waals surface area contributed by atoms with Crippen LogP contribution in [0.5, 0.6) is 0 Å². The molecule has 2 aromatic rings. The molecule has 3 heterocycles. The van der Waals surface area contributed by atoms with E-state index in [1.807, 2.05) is 28.8 Å². The van der Waals surface area contributed by atoms with E-state index in [0.717, 1.165) is 36.8 Å². The summed E-state index contributed by atoms with van der Waals surface area (Å²) >= 11 is 1.60. The largest absolute Gasteiger partial charge is 0.455 e. The molecule has 1 aliphatic rings. The van der Waals surface area contributed by atoms with Crippen molar-refractivity contribution >= 4 is 17.7 Å². The van der Waals surface area contributed by atoms with Crippen LogP contribution in [0.2, 0.25) is 0 Å². The maximum Gasteiger partial charge on any atom is 0.289 e. The van der Waals surface area contributed by atoms with Gasteiger partial charge in [-0.3, -0.25) is 4.79 Å². The summed E-state index contributed by atoms with van der Waals surface area (Å²) in [4.78, 5) is 18.5. The topological polar surface area (TPSA) is 51.3 Å². The number of furan rings is 1. The van der Waals surface area contributed by atoms with Gasteiger partial charge in [-0.15, -0.1) is 0 Å². The number of nitrogens with zero attached hydrogens (tertiary/aromatic N) is 3. The number of imidazole rings is 1. The average molecular weight is 305 g/mol. The number of thioether (sulfide) groups is 1. The maximum atomic E-state index is 12.3. The maximum absolute atomic E-state index is 12.3. The van der Waals surface area contributed by atoms with Gasteiger partial charge in [0.15, 0.2) is 10.9 Å². The Morgan fingerprint density at radius 2 is 2.14 bits per heavy atom. The molecule has 1 amide bonds.